The molecule has 1 atom stereocenters. The van der Waals surface area contributed by atoms with Crippen LogP contribution in [0, 0.1) is 5.92 Å². The molecule has 1 aromatic carbocycles. The number of carbonyl (C=O) groups excluding carboxylic acids is 1. The van der Waals surface area contributed by atoms with E-state index >= 15 is 0 Å². The zero-order valence-electron chi connectivity index (χ0n) is 12.4. The Morgan fingerprint density at radius 3 is 2.75 bits per heavy atom. The molecule has 0 aromatic heterocycles. The van der Waals surface area contributed by atoms with Crippen molar-refractivity contribution in [3.05, 3.63) is 29.8 Å². The molecule has 1 amide bonds. The van der Waals surface area contributed by atoms with Gasteiger partial charge in [-0.1, -0.05) is 12.1 Å². The summed E-state index contributed by atoms with van der Waals surface area (Å²) in [6.07, 6.45) is 2.89. The standard InChI is InChI=1S/C16H24N2O2/c1-18(12-14-4-3-9-17-11-14)16(19)10-13-5-7-15(20-2)8-6-13/h5-8,14,17H,3-4,9-12H2,1-2H3. The number of ether oxygens (including phenoxy) is 1. The third-order valence-corrected chi connectivity index (χ3v) is 3.87. The summed E-state index contributed by atoms with van der Waals surface area (Å²) in [5.41, 5.74) is 1.03. The first kappa shape index (κ1) is 14.9. The fourth-order valence-electron chi connectivity index (χ4n) is 2.62. The quantitative estimate of drug-likeness (QED) is 0.890. The van der Waals surface area contributed by atoms with Crippen molar-refractivity contribution in [3.8, 4) is 5.75 Å². The summed E-state index contributed by atoms with van der Waals surface area (Å²) >= 11 is 0. The Labute approximate surface area is 121 Å². The average Bonchev–Trinajstić information content (AvgIpc) is 2.49. The van der Waals surface area contributed by atoms with Gasteiger partial charge in [-0.3, -0.25) is 4.79 Å². The highest BCUT2D eigenvalue weighted by Gasteiger charge is 2.18. The van der Waals surface area contributed by atoms with Crippen LogP contribution in [0.3, 0.4) is 0 Å². The fraction of sp³-hybridized carbons (Fsp3) is 0.562. The van der Waals surface area contributed by atoms with E-state index in [1.54, 1.807) is 7.11 Å². The summed E-state index contributed by atoms with van der Waals surface area (Å²) in [6.45, 7) is 2.99. The zero-order chi connectivity index (χ0) is 14.4. The molecule has 0 bridgehead atoms. The minimum Gasteiger partial charge on any atom is -0.497 e. The SMILES string of the molecule is COc1ccc(CC(=O)N(C)CC2CCCNC2)cc1. The number of rotatable bonds is 5. The van der Waals surface area contributed by atoms with E-state index in [4.69, 9.17) is 4.74 Å². The van der Waals surface area contributed by atoms with Gasteiger partial charge in [0.25, 0.3) is 0 Å². The molecule has 1 aromatic rings. The molecule has 1 aliphatic rings. The molecular formula is C16H24N2O2. The number of likely N-dealkylation sites (N-methyl/N-ethyl adjacent to an activating group) is 1. The lowest BCUT2D eigenvalue weighted by Crippen LogP contribution is -2.39. The molecule has 0 saturated carbocycles. The minimum absolute atomic E-state index is 0.181. The fourth-order valence-corrected chi connectivity index (χ4v) is 2.62. The molecule has 1 N–H and O–H groups in total. The van der Waals surface area contributed by atoms with Gasteiger partial charge in [0.2, 0.25) is 5.91 Å². The monoisotopic (exact) mass is 276 g/mol. The third kappa shape index (κ3) is 4.23. The molecule has 1 fully saturated rings. The smallest absolute Gasteiger partial charge is 0.226 e. The number of benzene rings is 1. The lowest BCUT2D eigenvalue weighted by molar-refractivity contribution is -0.129. The molecule has 110 valence electrons. The molecular weight excluding hydrogens is 252 g/mol. The largest absolute Gasteiger partial charge is 0.497 e. The Bertz CT molecular complexity index is 425. The topological polar surface area (TPSA) is 41.6 Å². The second-order valence-electron chi connectivity index (χ2n) is 5.51. The number of hydrogen-bond acceptors (Lipinski definition) is 3. The number of piperidine rings is 1. The highest BCUT2D eigenvalue weighted by molar-refractivity contribution is 5.78. The van der Waals surface area contributed by atoms with Crippen LogP contribution in [0.5, 0.6) is 5.75 Å². The van der Waals surface area contributed by atoms with E-state index in [9.17, 15) is 4.79 Å². The van der Waals surface area contributed by atoms with Crippen LogP contribution in [-0.2, 0) is 11.2 Å². The summed E-state index contributed by atoms with van der Waals surface area (Å²) < 4.78 is 5.12. The molecule has 0 radical (unpaired) electrons. The van der Waals surface area contributed by atoms with Crippen LogP contribution >= 0.6 is 0 Å². The first-order valence-corrected chi connectivity index (χ1v) is 7.26. The molecule has 0 aliphatic carbocycles. The van der Waals surface area contributed by atoms with Crippen LogP contribution in [0.25, 0.3) is 0 Å². The molecule has 4 heteroatoms. The number of amides is 1. The van der Waals surface area contributed by atoms with E-state index in [1.165, 1.54) is 12.8 Å². The van der Waals surface area contributed by atoms with Crippen LogP contribution in [0.15, 0.2) is 24.3 Å². The van der Waals surface area contributed by atoms with Crippen LogP contribution in [0.1, 0.15) is 18.4 Å². The van der Waals surface area contributed by atoms with Gasteiger partial charge in [0.1, 0.15) is 5.75 Å². The van der Waals surface area contributed by atoms with E-state index in [-0.39, 0.29) is 5.91 Å². The average molecular weight is 276 g/mol. The Kier molecular flexibility index (Phi) is 5.41. The highest BCUT2D eigenvalue weighted by atomic mass is 16.5. The van der Waals surface area contributed by atoms with Crippen molar-refractivity contribution >= 4 is 5.91 Å². The van der Waals surface area contributed by atoms with E-state index in [0.29, 0.717) is 12.3 Å². The predicted octanol–water partition coefficient (Wildman–Crippen LogP) is 1.70. The number of nitrogens with zero attached hydrogens (tertiary/aromatic N) is 1. The lowest BCUT2D eigenvalue weighted by atomic mass is 9.99. The maximum absolute atomic E-state index is 12.2. The summed E-state index contributed by atoms with van der Waals surface area (Å²) in [5.74, 6) is 1.59. The van der Waals surface area contributed by atoms with Gasteiger partial charge in [-0.2, -0.15) is 0 Å². The van der Waals surface area contributed by atoms with Gasteiger partial charge in [0.05, 0.1) is 13.5 Å². The second-order valence-corrected chi connectivity index (χ2v) is 5.51. The lowest BCUT2D eigenvalue weighted by Gasteiger charge is -2.27. The van der Waals surface area contributed by atoms with E-state index in [2.05, 4.69) is 5.32 Å². The maximum Gasteiger partial charge on any atom is 0.226 e. The normalized spacial score (nSPS) is 18.6. The molecule has 1 heterocycles. The molecule has 4 nitrogen and oxygen atoms in total. The molecule has 1 saturated heterocycles. The van der Waals surface area contributed by atoms with Gasteiger partial charge >= 0.3 is 0 Å². The molecule has 1 aliphatic heterocycles. The number of methoxy groups -OCH3 is 1. The number of nitrogens with one attached hydrogen (secondary N) is 1. The summed E-state index contributed by atoms with van der Waals surface area (Å²) in [4.78, 5) is 14.1. The van der Waals surface area contributed by atoms with Crippen molar-refractivity contribution in [1.82, 2.24) is 10.2 Å². The van der Waals surface area contributed by atoms with Crippen molar-refractivity contribution in [1.29, 1.82) is 0 Å². The maximum atomic E-state index is 12.2. The second kappa shape index (κ2) is 7.29. The van der Waals surface area contributed by atoms with Crippen molar-refractivity contribution in [2.24, 2.45) is 5.92 Å². The zero-order valence-corrected chi connectivity index (χ0v) is 12.4. The summed E-state index contributed by atoms with van der Waals surface area (Å²) in [5, 5.41) is 3.39. The Balaban J connectivity index is 1.83. The summed E-state index contributed by atoms with van der Waals surface area (Å²) in [7, 11) is 3.55. The third-order valence-electron chi connectivity index (χ3n) is 3.87. The molecule has 2 rings (SSSR count). The van der Waals surface area contributed by atoms with Gasteiger partial charge < -0.3 is 15.0 Å². The van der Waals surface area contributed by atoms with E-state index in [0.717, 1.165) is 30.9 Å². The molecule has 1 unspecified atom stereocenters. The Morgan fingerprint density at radius 2 is 2.15 bits per heavy atom. The van der Waals surface area contributed by atoms with Crippen molar-refractivity contribution in [2.45, 2.75) is 19.3 Å². The van der Waals surface area contributed by atoms with E-state index < -0.39 is 0 Å². The summed E-state index contributed by atoms with van der Waals surface area (Å²) in [6, 6.07) is 7.70. The number of carbonyl (C=O) groups is 1. The van der Waals surface area contributed by atoms with Gasteiger partial charge in [0, 0.05) is 13.6 Å². The first-order chi connectivity index (χ1) is 9.69. The molecule has 0 spiro atoms. The first-order valence-electron chi connectivity index (χ1n) is 7.26. The van der Waals surface area contributed by atoms with Crippen molar-refractivity contribution < 1.29 is 9.53 Å². The van der Waals surface area contributed by atoms with Crippen LogP contribution in [0.4, 0.5) is 0 Å². The van der Waals surface area contributed by atoms with Crippen molar-refractivity contribution in [2.75, 3.05) is 33.8 Å². The Hall–Kier alpha value is -1.55. The highest BCUT2D eigenvalue weighted by Crippen LogP contribution is 2.14. The van der Waals surface area contributed by atoms with Crippen LogP contribution in [0.2, 0.25) is 0 Å². The van der Waals surface area contributed by atoms with Gasteiger partial charge in [0.15, 0.2) is 0 Å². The van der Waals surface area contributed by atoms with Crippen molar-refractivity contribution in [3.63, 3.8) is 0 Å². The van der Waals surface area contributed by atoms with Crippen LogP contribution in [-0.4, -0.2) is 44.6 Å². The molecule has 20 heavy (non-hydrogen) atoms. The van der Waals surface area contributed by atoms with E-state index in [1.807, 2.05) is 36.2 Å². The van der Waals surface area contributed by atoms with Gasteiger partial charge in [-0.25, -0.2) is 0 Å². The minimum atomic E-state index is 0.181. The van der Waals surface area contributed by atoms with Gasteiger partial charge in [-0.15, -0.1) is 0 Å². The Morgan fingerprint density at radius 1 is 1.40 bits per heavy atom. The predicted molar refractivity (Wildman–Crippen MR) is 79.9 cm³/mol. The van der Waals surface area contributed by atoms with Crippen LogP contribution < -0.4 is 10.1 Å². The number of hydrogen-bond donors (Lipinski definition) is 1. The van der Waals surface area contributed by atoms with Gasteiger partial charge in [-0.05, 0) is 49.5 Å².